The minimum Gasteiger partial charge on any atom is -0.489 e. The molecule has 2 heterocycles. The summed E-state index contributed by atoms with van der Waals surface area (Å²) in [6.45, 7) is 0.888. The normalized spacial score (nSPS) is 29.6. The van der Waals surface area contributed by atoms with Gasteiger partial charge < -0.3 is 15.0 Å². The number of fused-ring (bicyclic) bond motifs is 1. The molecule has 1 aromatic rings. The Morgan fingerprint density at radius 2 is 1.97 bits per heavy atom. The van der Waals surface area contributed by atoms with Crippen LogP contribution in [0, 0.1) is 5.92 Å². The lowest BCUT2D eigenvalue weighted by atomic mass is 9.81. The Bertz CT molecular complexity index is 945. The first-order valence-corrected chi connectivity index (χ1v) is 11.3. The van der Waals surface area contributed by atoms with Gasteiger partial charge in [0.15, 0.2) is 0 Å². The molecule has 0 bridgehead atoms. The van der Waals surface area contributed by atoms with Gasteiger partial charge in [0.05, 0.1) is 0 Å². The smallest absolute Gasteiger partial charge is 0.255 e. The zero-order chi connectivity index (χ0) is 22.5. The summed E-state index contributed by atoms with van der Waals surface area (Å²) in [6, 6.07) is 4.83. The van der Waals surface area contributed by atoms with Crippen LogP contribution in [-0.2, 0) is 16.1 Å². The standard InChI is InChI=1S/C23H27F2N3O4/c24-23(25)9-13(10-23)11-26-17-2-1-3-19(17)32-15-4-5-16-14(8-15)12-28(22(16)31)18-6-7-20(29)27-21(18)30/h4-5,8,13,17-19,26H,1-3,6-7,9-12H2,(H,27,29,30)/t17-,18?,19+/m0/s1. The molecular weight excluding hydrogens is 420 g/mol. The van der Waals surface area contributed by atoms with Crippen molar-refractivity contribution in [3.05, 3.63) is 29.3 Å². The molecule has 1 saturated heterocycles. The van der Waals surface area contributed by atoms with Crippen molar-refractivity contribution >= 4 is 17.7 Å². The second-order valence-corrected chi connectivity index (χ2v) is 9.45. The number of halogens is 2. The van der Waals surface area contributed by atoms with Crippen molar-refractivity contribution in [2.45, 2.75) is 75.6 Å². The molecule has 1 unspecified atom stereocenters. The number of amides is 3. The van der Waals surface area contributed by atoms with Gasteiger partial charge in [-0.2, -0.15) is 0 Å². The number of ether oxygens (including phenoxy) is 1. The predicted molar refractivity (Wildman–Crippen MR) is 110 cm³/mol. The number of carbonyl (C=O) groups excluding carboxylic acids is 3. The van der Waals surface area contributed by atoms with Gasteiger partial charge in [-0.15, -0.1) is 0 Å². The Balaban J connectivity index is 1.20. The molecule has 0 spiro atoms. The highest BCUT2D eigenvalue weighted by molar-refractivity contribution is 6.05. The maximum absolute atomic E-state index is 13.1. The van der Waals surface area contributed by atoms with Crippen LogP contribution in [0.5, 0.6) is 5.75 Å². The quantitative estimate of drug-likeness (QED) is 0.654. The van der Waals surface area contributed by atoms with E-state index in [1.807, 2.05) is 6.07 Å². The van der Waals surface area contributed by atoms with Crippen LogP contribution >= 0.6 is 0 Å². The lowest BCUT2D eigenvalue weighted by Gasteiger charge is -2.36. The van der Waals surface area contributed by atoms with Crippen molar-refractivity contribution < 1.29 is 27.9 Å². The van der Waals surface area contributed by atoms with Crippen molar-refractivity contribution in [2.24, 2.45) is 5.92 Å². The van der Waals surface area contributed by atoms with Crippen molar-refractivity contribution in [1.29, 1.82) is 0 Å². The average molecular weight is 447 g/mol. The molecule has 7 nitrogen and oxygen atoms in total. The molecule has 5 rings (SSSR count). The summed E-state index contributed by atoms with van der Waals surface area (Å²) in [6.07, 6.45) is 3.27. The molecule has 3 amide bonds. The molecular formula is C23H27F2N3O4. The van der Waals surface area contributed by atoms with Crippen molar-refractivity contribution in [2.75, 3.05) is 6.54 Å². The lowest BCUT2D eigenvalue weighted by molar-refractivity contribution is -0.136. The molecule has 3 fully saturated rings. The van der Waals surface area contributed by atoms with Gasteiger partial charge in [0.25, 0.3) is 5.91 Å². The van der Waals surface area contributed by atoms with Crippen LogP contribution in [0.25, 0.3) is 0 Å². The number of nitrogens with one attached hydrogen (secondary N) is 2. The monoisotopic (exact) mass is 447 g/mol. The van der Waals surface area contributed by atoms with Gasteiger partial charge in [0.1, 0.15) is 17.9 Å². The first kappa shape index (κ1) is 21.3. The van der Waals surface area contributed by atoms with Gasteiger partial charge in [-0.25, -0.2) is 8.78 Å². The maximum Gasteiger partial charge on any atom is 0.255 e. The number of hydrogen-bond donors (Lipinski definition) is 2. The number of carbonyl (C=O) groups is 3. The van der Waals surface area contributed by atoms with E-state index in [0.717, 1.165) is 24.8 Å². The van der Waals surface area contributed by atoms with Gasteiger partial charge in [-0.1, -0.05) is 0 Å². The minimum atomic E-state index is -2.50. The lowest BCUT2D eigenvalue weighted by Crippen LogP contribution is -2.52. The molecule has 4 aliphatic rings. The van der Waals surface area contributed by atoms with Crippen molar-refractivity contribution in [3.8, 4) is 5.75 Å². The van der Waals surface area contributed by atoms with Gasteiger partial charge in [0.2, 0.25) is 17.7 Å². The van der Waals surface area contributed by atoms with E-state index in [2.05, 4.69) is 10.6 Å². The highest BCUT2D eigenvalue weighted by atomic mass is 19.3. The highest BCUT2D eigenvalue weighted by Gasteiger charge is 2.45. The Kier molecular flexibility index (Phi) is 5.39. The van der Waals surface area contributed by atoms with Gasteiger partial charge >= 0.3 is 0 Å². The van der Waals surface area contributed by atoms with E-state index >= 15 is 0 Å². The third-order valence-electron chi connectivity index (χ3n) is 7.08. The Morgan fingerprint density at radius 1 is 1.16 bits per heavy atom. The van der Waals surface area contributed by atoms with Crippen molar-refractivity contribution in [1.82, 2.24) is 15.5 Å². The summed E-state index contributed by atoms with van der Waals surface area (Å²) < 4.78 is 32.3. The van der Waals surface area contributed by atoms with E-state index in [0.29, 0.717) is 30.8 Å². The molecule has 2 aliphatic carbocycles. The van der Waals surface area contributed by atoms with Crippen LogP contribution in [-0.4, -0.2) is 53.3 Å². The van der Waals surface area contributed by atoms with Crippen molar-refractivity contribution in [3.63, 3.8) is 0 Å². The number of imide groups is 1. The Hall–Kier alpha value is -2.55. The maximum atomic E-state index is 13.1. The van der Waals surface area contributed by atoms with E-state index in [9.17, 15) is 23.2 Å². The molecule has 0 aromatic heterocycles. The number of piperidine rings is 1. The summed E-state index contributed by atoms with van der Waals surface area (Å²) in [4.78, 5) is 37.9. The molecule has 172 valence electrons. The zero-order valence-corrected chi connectivity index (χ0v) is 17.7. The fourth-order valence-electron chi connectivity index (χ4n) is 5.35. The zero-order valence-electron chi connectivity index (χ0n) is 17.7. The van der Waals surface area contributed by atoms with Gasteiger partial charge in [0, 0.05) is 37.4 Å². The third-order valence-corrected chi connectivity index (χ3v) is 7.08. The van der Waals surface area contributed by atoms with E-state index in [4.69, 9.17) is 4.74 Å². The number of nitrogens with zero attached hydrogens (tertiary/aromatic N) is 1. The number of benzene rings is 1. The fourth-order valence-corrected chi connectivity index (χ4v) is 5.35. The van der Waals surface area contributed by atoms with Crippen LogP contribution in [0.3, 0.4) is 0 Å². The predicted octanol–water partition coefficient (Wildman–Crippen LogP) is 2.38. The topological polar surface area (TPSA) is 87.7 Å². The molecule has 2 N–H and O–H groups in total. The summed E-state index contributed by atoms with van der Waals surface area (Å²) in [5.41, 5.74) is 1.35. The van der Waals surface area contributed by atoms with E-state index in [1.165, 1.54) is 4.90 Å². The highest BCUT2D eigenvalue weighted by Crippen LogP contribution is 2.42. The minimum absolute atomic E-state index is 0.0236. The molecule has 9 heteroatoms. The van der Waals surface area contributed by atoms with Crippen LogP contribution in [0.4, 0.5) is 8.78 Å². The van der Waals surface area contributed by atoms with Crippen LogP contribution in [0.1, 0.15) is 60.9 Å². The number of alkyl halides is 2. The van der Waals surface area contributed by atoms with Crippen LogP contribution < -0.4 is 15.4 Å². The van der Waals surface area contributed by atoms with Crippen LogP contribution in [0.2, 0.25) is 0 Å². The first-order chi connectivity index (χ1) is 15.3. The molecule has 3 atom stereocenters. The molecule has 2 saturated carbocycles. The van der Waals surface area contributed by atoms with E-state index in [1.54, 1.807) is 12.1 Å². The summed E-state index contributed by atoms with van der Waals surface area (Å²) in [5.74, 6) is -2.76. The fraction of sp³-hybridized carbons (Fsp3) is 0.609. The van der Waals surface area contributed by atoms with E-state index in [-0.39, 0.29) is 49.1 Å². The van der Waals surface area contributed by atoms with Gasteiger partial charge in [-0.05, 0) is 61.9 Å². The average Bonchev–Trinajstić information content (AvgIpc) is 3.29. The second kappa shape index (κ2) is 8.10. The summed E-state index contributed by atoms with van der Waals surface area (Å²) in [5, 5.41) is 5.72. The number of hydrogen-bond acceptors (Lipinski definition) is 5. The molecule has 0 radical (unpaired) electrons. The number of rotatable bonds is 6. The van der Waals surface area contributed by atoms with E-state index < -0.39 is 17.9 Å². The van der Waals surface area contributed by atoms with Gasteiger partial charge in [-0.3, -0.25) is 19.7 Å². The first-order valence-electron chi connectivity index (χ1n) is 11.3. The van der Waals surface area contributed by atoms with Crippen LogP contribution in [0.15, 0.2) is 18.2 Å². The largest absolute Gasteiger partial charge is 0.489 e. The third kappa shape index (κ3) is 4.10. The molecule has 2 aliphatic heterocycles. The summed E-state index contributed by atoms with van der Waals surface area (Å²) >= 11 is 0. The SMILES string of the molecule is O=C1CCC(N2Cc3cc(O[C@@H]4CCC[C@@H]4NCC4CC(F)(F)C4)ccc3C2=O)C(=O)N1. The summed E-state index contributed by atoms with van der Waals surface area (Å²) in [7, 11) is 0. The Morgan fingerprint density at radius 3 is 2.72 bits per heavy atom. The molecule has 1 aromatic carbocycles. The molecule has 32 heavy (non-hydrogen) atoms. The Labute approximate surface area is 184 Å². The second-order valence-electron chi connectivity index (χ2n) is 9.45.